The van der Waals surface area contributed by atoms with E-state index in [1.54, 1.807) is 0 Å². The van der Waals surface area contributed by atoms with E-state index in [9.17, 15) is 4.39 Å². The molecule has 0 aromatic heterocycles. The highest BCUT2D eigenvalue weighted by Gasteiger charge is 2.31. The monoisotopic (exact) mass is 248 g/mol. The fourth-order valence-corrected chi connectivity index (χ4v) is 1.88. The lowest BCUT2D eigenvalue weighted by Gasteiger charge is -2.37. The van der Waals surface area contributed by atoms with E-state index in [1.807, 2.05) is 39.6 Å². The van der Waals surface area contributed by atoms with Crippen molar-refractivity contribution in [1.82, 2.24) is 10.2 Å². The van der Waals surface area contributed by atoms with Crippen molar-refractivity contribution in [3.05, 3.63) is 0 Å². The van der Waals surface area contributed by atoms with Crippen molar-refractivity contribution in [2.75, 3.05) is 33.4 Å². The van der Waals surface area contributed by atoms with Crippen LogP contribution < -0.4 is 5.32 Å². The Morgan fingerprint density at radius 1 is 1.18 bits per heavy atom. The van der Waals surface area contributed by atoms with Crippen LogP contribution >= 0.6 is 0 Å². The Labute approximate surface area is 106 Å². The Bertz CT molecular complexity index is 177. The van der Waals surface area contributed by atoms with E-state index < -0.39 is 6.17 Å². The number of alkyl halides is 1. The number of rotatable bonds is 2. The van der Waals surface area contributed by atoms with Gasteiger partial charge in [-0.25, -0.2) is 4.39 Å². The summed E-state index contributed by atoms with van der Waals surface area (Å²) in [5.74, 6) is 0. The van der Waals surface area contributed by atoms with Gasteiger partial charge in [-0.05, 0) is 20.0 Å². The Morgan fingerprint density at radius 2 is 1.76 bits per heavy atom. The lowest BCUT2D eigenvalue weighted by Crippen LogP contribution is -2.57. The average Bonchev–Trinajstić information content (AvgIpc) is 2.31. The van der Waals surface area contributed by atoms with E-state index in [-0.39, 0.29) is 6.04 Å². The summed E-state index contributed by atoms with van der Waals surface area (Å²) in [7, 11) is 1.97. The zero-order chi connectivity index (χ0) is 13.3. The van der Waals surface area contributed by atoms with Crippen molar-refractivity contribution in [3.8, 4) is 0 Å². The van der Waals surface area contributed by atoms with E-state index in [2.05, 4.69) is 5.32 Å². The standard InChI is InChI=1S/C9H17FN2O.2C2H6/c1-12-3-2-9(8(10)4-12)11-7-5-13-6-7;2*1-2/h7-9,11H,2-6H2,1H3;2*1-2H3. The Kier molecular flexibility index (Phi) is 9.69. The molecule has 17 heavy (non-hydrogen) atoms. The van der Waals surface area contributed by atoms with Crippen molar-refractivity contribution >= 4 is 0 Å². The molecule has 0 radical (unpaired) electrons. The van der Waals surface area contributed by atoms with Gasteiger partial charge in [-0.3, -0.25) is 0 Å². The van der Waals surface area contributed by atoms with Gasteiger partial charge in [0.25, 0.3) is 0 Å². The highest BCUT2D eigenvalue weighted by Crippen LogP contribution is 2.14. The molecule has 0 aliphatic carbocycles. The van der Waals surface area contributed by atoms with E-state index in [0.29, 0.717) is 12.6 Å². The van der Waals surface area contributed by atoms with Crippen molar-refractivity contribution in [3.63, 3.8) is 0 Å². The van der Waals surface area contributed by atoms with Crippen LogP contribution in [0.15, 0.2) is 0 Å². The minimum Gasteiger partial charge on any atom is -0.378 e. The van der Waals surface area contributed by atoms with Gasteiger partial charge in [-0.15, -0.1) is 0 Å². The molecular formula is C13H29FN2O. The topological polar surface area (TPSA) is 24.5 Å². The first-order valence-corrected chi connectivity index (χ1v) is 6.92. The molecule has 0 spiro atoms. The van der Waals surface area contributed by atoms with Gasteiger partial charge in [0.15, 0.2) is 0 Å². The summed E-state index contributed by atoms with van der Waals surface area (Å²) in [5.41, 5.74) is 0. The van der Waals surface area contributed by atoms with Crippen LogP contribution in [0.3, 0.4) is 0 Å². The van der Waals surface area contributed by atoms with Gasteiger partial charge in [-0.1, -0.05) is 27.7 Å². The molecule has 2 fully saturated rings. The van der Waals surface area contributed by atoms with Gasteiger partial charge < -0.3 is 15.0 Å². The van der Waals surface area contributed by atoms with Gasteiger partial charge >= 0.3 is 0 Å². The van der Waals surface area contributed by atoms with Crippen LogP contribution in [0.5, 0.6) is 0 Å². The summed E-state index contributed by atoms with van der Waals surface area (Å²) in [6.07, 6.45) is 0.188. The maximum atomic E-state index is 13.5. The first-order valence-electron chi connectivity index (χ1n) is 6.92. The summed E-state index contributed by atoms with van der Waals surface area (Å²) in [5, 5.41) is 3.30. The Hall–Kier alpha value is -0.190. The Morgan fingerprint density at radius 3 is 2.18 bits per heavy atom. The van der Waals surface area contributed by atoms with E-state index in [1.165, 1.54) is 0 Å². The molecule has 0 bridgehead atoms. The van der Waals surface area contributed by atoms with Crippen LogP contribution in [0.1, 0.15) is 34.1 Å². The Balaban J connectivity index is 0.000000581. The molecule has 2 unspecified atom stereocenters. The molecule has 2 aliphatic rings. The average molecular weight is 248 g/mol. The van der Waals surface area contributed by atoms with E-state index in [4.69, 9.17) is 4.74 Å². The molecule has 3 nitrogen and oxygen atoms in total. The number of nitrogens with zero attached hydrogens (tertiary/aromatic N) is 1. The minimum atomic E-state index is -0.723. The third-order valence-electron chi connectivity index (χ3n) is 2.83. The number of nitrogens with one attached hydrogen (secondary N) is 1. The highest BCUT2D eigenvalue weighted by atomic mass is 19.1. The van der Waals surface area contributed by atoms with Gasteiger partial charge in [0.1, 0.15) is 6.17 Å². The first-order chi connectivity index (χ1) is 8.25. The van der Waals surface area contributed by atoms with Crippen molar-refractivity contribution < 1.29 is 9.13 Å². The number of likely N-dealkylation sites (tertiary alicyclic amines) is 1. The molecule has 0 saturated carbocycles. The third-order valence-corrected chi connectivity index (χ3v) is 2.83. The summed E-state index contributed by atoms with van der Waals surface area (Å²) in [6, 6.07) is 0.441. The lowest BCUT2D eigenvalue weighted by molar-refractivity contribution is -0.0204. The maximum Gasteiger partial charge on any atom is 0.128 e. The fourth-order valence-electron chi connectivity index (χ4n) is 1.88. The van der Waals surface area contributed by atoms with Crippen LogP contribution in [-0.4, -0.2) is 56.5 Å². The predicted molar refractivity (Wildman–Crippen MR) is 71.2 cm³/mol. The van der Waals surface area contributed by atoms with Gasteiger partial charge in [0.2, 0.25) is 0 Å². The molecule has 2 rings (SSSR count). The lowest BCUT2D eigenvalue weighted by atomic mass is 10.0. The normalized spacial score (nSPS) is 29.3. The summed E-state index contributed by atoms with van der Waals surface area (Å²) in [4.78, 5) is 2.04. The second-order valence-corrected chi connectivity index (χ2v) is 4.07. The summed E-state index contributed by atoms with van der Waals surface area (Å²) >= 11 is 0. The zero-order valence-corrected chi connectivity index (χ0v) is 12.0. The first kappa shape index (κ1) is 16.8. The smallest absolute Gasteiger partial charge is 0.128 e. The molecule has 0 amide bonds. The van der Waals surface area contributed by atoms with Crippen LogP contribution in [0.2, 0.25) is 0 Å². The molecule has 104 valence electrons. The van der Waals surface area contributed by atoms with Gasteiger partial charge in [-0.2, -0.15) is 0 Å². The molecule has 4 heteroatoms. The second kappa shape index (κ2) is 9.80. The number of hydrogen-bond acceptors (Lipinski definition) is 3. The van der Waals surface area contributed by atoms with Crippen LogP contribution in [0.25, 0.3) is 0 Å². The molecule has 2 heterocycles. The fraction of sp³-hybridized carbons (Fsp3) is 1.00. The molecule has 2 atom stereocenters. The quantitative estimate of drug-likeness (QED) is 0.809. The summed E-state index contributed by atoms with van der Waals surface area (Å²) in [6.45, 7) is 11.1. The molecule has 0 aromatic rings. The number of halogens is 1. The molecule has 2 saturated heterocycles. The van der Waals surface area contributed by atoms with Crippen LogP contribution in [0.4, 0.5) is 4.39 Å². The largest absolute Gasteiger partial charge is 0.378 e. The number of ether oxygens (including phenoxy) is 1. The van der Waals surface area contributed by atoms with Gasteiger partial charge in [0.05, 0.1) is 19.3 Å². The van der Waals surface area contributed by atoms with Crippen molar-refractivity contribution in [2.24, 2.45) is 0 Å². The molecule has 0 aromatic carbocycles. The summed E-state index contributed by atoms with van der Waals surface area (Å²) < 4.78 is 18.5. The predicted octanol–water partition coefficient (Wildman–Crippen LogP) is 2.07. The maximum absolute atomic E-state index is 13.5. The molecule has 2 aliphatic heterocycles. The van der Waals surface area contributed by atoms with Crippen molar-refractivity contribution in [1.29, 1.82) is 0 Å². The van der Waals surface area contributed by atoms with Crippen LogP contribution in [-0.2, 0) is 4.74 Å². The minimum absolute atomic E-state index is 0.0464. The zero-order valence-electron chi connectivity index (χ0n) is 12.0. The van der Waals surface area contributed by atoms with E-state index >= 15 is 0 Å². The van der Waals surface area contributed by atoms with E-state index in [0.717, 1.165) is 26.2 Å². The van der Waals surface area contributed by atoms with Crippen LogP contribution in [0, 0.1) is 0 Å². The SMILES string of the molecule is CC.CC.CN1CCC(NC2COC2)C(F)C1. The number of piperidine rings is 1. The molecular weight excluding hydrogens is 219 g/mol. The van der Waals surface area contributed by atoms with Gasteiger partial charge in [0, 0.05) is 12.6 Å². The second-order valence-electron chi connectivity index (χ2n) is 4.07. The third kappa shape index (κ3) is 5.80. The van der Waals surface area contributed by atoms with Crippen molar-refractivity contribution in [2.45, 2.75) is 52.4 Å². The highest BCUT2D eigenvalue weighted by molar-refractivity contribution is 4.88. The number of hydrogen-bond donors (Lipinski definition) is 1. The molecule has 1 N–H and O–H groups in total.